The van der Waals surface area contributed by atoms with Crippen LogP contribution in [0.4, 0.5) is 11.4 Å². The molecule has 180 valence electrons. The van der Waals surface area contributed by atoms with E-state index in [4.69, 9.17) is 9.47 Å². The molecule has 0 aliphatic carbocycles. The van der Waals surface area contributed by atoms with Crippen molar-refractivity contribution < 1.29 is 19.1 Å². The van der Waals surface area contributed by atoms with E-state index in [1.807, 2.05) is 36.4 Å². The van der Waals surface area contributed by atoms with Crippen molar-refractivity contribution in [1.29, 1.82) is 0 Å². The third kappa shape index (κ3) is 6.35. The fourth-order valence-corrected chi connectivity index (χ4v) is 4.02. The molecule has 2 aromatic carbocycles. The van der Waals surface area contributed by atoms with E-state index >= 15 is 0 Å². The van der Waals surface area contributed by atoms with Gasteiger partial charge in [-0.1, -0.05) is 19.9 Å². The van der Waals surface area contributed by atoms with Crippen LogP contribution in [0.1, 0.15) is 54.9 Å². The van der Waals surface area contributed by atoms with Gasteiger partial charge in [-0.05, 0) is 54.7 Å². The van der Waals surface area contributed by atoms with Crippen LogP contribution in [0, 0.1) is 5.92 Å². The van der Waals surface area contributed by atoms with E-state index in [0.29, 0.717) is 31.1 Å². The minimum absolute atomic E-state index is 0.147. The summed E-state index contributed by atoms with van der Waals surface area (Å²) >= 11 is 0. The predicted molar refractivity (Wildman–Crippen MR) is 132 cm³/mol. The molecule has 4 rings (SSSR count). The summed E-state index contributed by atoms with van der Waals surface area (Å²) in [7, 11) is 0. The number of hydrogen-bond donors (Lipinski definition) is 3. The Balaban J connectivity index is 1.44. The van der Waals surface area contributed by atoms with E-state index in [9.17, 15) is 9.59 Å². The second-order valence-electron chi connectivity index (χ2n) is 8.99. The third-order valence-electron chi connectivity index (χ3n) is 5.89. The van der Waals surface area contributed by atoms with Crippen molar-refractivity contribution >= 4 is 29.1 Å². The zero-order valence-corrected chi connectivity index (χ0v) is 19.7. The molecule has 0 bridgehead atoms. The molecule has 1 fully saturated rings. The van der Waals surface area contributed by atoms with Crippen molar-refractivity contribution in [3.05, 3.63) is 53.6 Å². The highest BCUT2D eigenvalue weighted by atomic mass is 16.5. The monoisotopic (exact) mass is 464 g/mol. The van der Waals surface area contributed by atoms with Gasteiger partial charge in [0.15, 0.2) is 0 Å². The zero-order valence-electron chi connectivity index (χ0n) is 19.7. The first-order valence-corrected chi connectivity index (χ1v) is 11.8. The summed E-state index contributed by atoms with van der Waals surface area (Å²) in [5.41, 5.74) is 3.35. The Morgan fingerprint density at radius 3 is 2.91 bits per heavy atom. The summed E-state index contributed by atoms with van der Waals surface area (Å²) in [5.74, 6) is 1.18. The number of amides is 2. The van der Waals surface area contributed by atoms with Gasteiger partial charge in [0.2, 0.25) is 11.9 Å². The van der Waals surface area contributed by atoms with Crippen LogP contribution < -0.4 is 20.7 Å². The second-order valence-corrected chi connectivity index (χ2v) is 8.99. The molecule has 2 aliphatic rings. The molecule has 2 amide bonds. The number of guanidine groups is 1. The van der Waals surface area contributed by atoms with Gasteiger partial charge in [0.25, 0.3) is 5.91 Å². The van der Waals surface area contributed by atoms with Crippen LogP contribution >= 0.6 is 0 Å². The van der Waals surface area contributed by atoms with Gasteiger partial charge in [-0.15, -0.1) is 0 Å². The minimum Gasteiger partial charge on any atom is -0.493 e. The average Bonchev–Trinajstić information content (AvgIpc) is 2.84. The normalized spacial score (nSPS) is 18.1. The molecule has 0 radical (unpaired) electrons. The number of nitrogens with zero attached hydrogens (tertiary/aromatic N) is 1. The van der Waals surface area contributed by atoms with Gasteiger partial charge in [0, 0.05) is 42.0 Å². The topological polar surface area (TPSA) is 101 Å². The lowest BCUT2D eigenvalue weighted by Crippen LogP contribution is -2.46. The standard InChI is InChI=1S/C26H32N4O4/c1-17(2)22-13-19(25(32)30-26-27-11-10-24(31)29-26)8-9-23(22)28-20-6-3-7-21(14-20)34-16-18-5-4-12-33-15-18/h3,6-9,13-14,17-18,28H,4-5,10-12,15-16H2,1-2H3,(H2,27,29,30,31,32). The summed E-state index contributed by atoms with van der Waals surface area (Å²) in [6.07, 6.45) is 2.55. The Morgan fingerprint density at radius 1 is 1.26 bits per heavy atom. The van der Waals surface area contributed by atoms with Gasteiger partial charge in [0.1, 0.15) is 5.75 Å². The summed E-state index contributed by atoms with van der Waals surface area (Å²) in [6, 6.07) is 13.4. The van der Waals surface area contributed by atoms with Gasteiger partial charge in [-0.25, -0.2) is 0 Å². The minimum atomic E-state index is -0.309. The summed E-state index contributed by atoms with van der Waals surface area (Å²) < 4.78 is 11.6. The van der Waals surface area contributed by atoms with Gasteiger partial charge in [0.05, 0.1) is 19.8 Å². The number of anilines is 2. The Bertz CT molecular complexity index is 1060. The summed E-state index contributed by atoms with van der Waals surface area (Å²) in [5, 5.41) is 8.73. The number of rotatable bonds is 7. The van der Waals surface area contributed by atoms with Crippen LogP contribution in [0.15, 0.2) is 47.5 Å². The number of carbonyl (C=O) groups excluding carboxylic acids is 2. The van der Waals surface area contributed by atoms with Crippen LogP contribution in [0.5, 0.6) is 5.75 Å². The highest BCUT2D eigenvalue weighted by molar-refractivity contribution is 6.10. The fourth-order valence-electron chi connectivity index (χ4n) is 4.02. The van der Waals surface area contributed by atoms with Crippen LogP contribution in [0.2, 0.25) is 0 Å². The molecule has 2 aliphatic heterocycles. The number of hydrogen-bond acceptors (Lipinski definition) is 6. The van der Waals surface area contributed by atoms with Gasteiger partial charge >= 0.3 is 0 Å². The molecule has 8 nitrogen and oxygen atoms in total. The molecule has 0 saturated carbocycles. The highest BCUT2D eigenvalue weighted by Crippen LogP contribution is 2.30. The van der Waals surface area contributed by atoms with Crippen molar-refractivity contribution in [2.45, 2.75) is 39.0 Å². The molecule has 1 atom stereocenters. The van der Waals surface area contributed by atoms with Gasteiger partial charge < -0.3 is 14.8 Å². The van der Waals surface area contributed by atoms with Crippen LogP contribution in [-0.4, -0.2) is 44.1 Å². The van der Waals surface area contributed by atoms with Crippen molar-refractivity contribution in [3.63, 3.8) is 0 Å². The Kier molecular flexibility index (Phi) is 7.80. The average molecular weight is 465 g/mol. The maximum Gasteiger partial charge on any atom is 0.257 e. The molecule has 0 aromatic heterocycles. The Labute approximate surface area is 200 Å². The molecule has 34 heavy (non-hydrogen) atoms. The molecule has 2 heterocycles. The maximum atomic E-state index is 12.7. The van der Waals surface area contributed by atoms with Crippen LogP contribution in [-0.2, 0) is 9.53 Å². The quantitative estimate of drug-likeness (QED) is 0.576. The Hall–Kier alpha value is -3.39. The van der Waals surface area contributed by atoms with E-state index in [2.05, 4.69) is 34.8 Å². The van der Waals surface area contributed by atoms with Crippen LogP contribution in [0.3, 0.4) is 0 Å². The van der Waals surface area contributed by atoms with E-state index in [1.54, 1.807) is 6.07 Å². The molecule has 0 spiro atoms. The smallest absolute Gasteiger partial charge is 0.257 e. The molecule has 2 aromatic rings. The second kappa shape index (κ2) is 11.2. The predicted octanol–water partition coefficient (Wildman–Crippen LogP) is 3.96. The lowest BCUT2D eigenvalue weighted by atomic mass is 9.98. The number of nitrogens with one attached hydrogen (secondary N) is 3. The van der Waals surface area contributed by atoms with Crippen molar-refractivity contribution in [3.8, 4) is 5.75 Å². The lowest BCUT2D eigenvalue weighted by Gasteiger charge is -2.22. The molecule has 3 N–H and O–H groups in total. The summed E-state index contributed by atoms with van der Waals surface area (Å²) in [4.78, 5) is 28.4. The molecular weight excluding hydrogens is 432 g/mol. The highest BCUT2D eigenvalue weighted by Gasteiger charge is 2.18. The first kappa shape index (κ1) is 23.8. The Morgan fingerprint density at radius 2 is 2.15 bits per heavy atom. The van der Waals surface area contributed by atoms with E-state index < -0.39 is 0 Å². The van der Waals surface area contributed by atoms with Crippen molar-refractivity contribution in [1.82, 2.24) is 10.6 Å². The van der Waals surface area contributed by atoms with Gasteiger partial charge in [-0.2, -0.15) is 0 Å². The largest absolute Gasteiger partial charge is 0.493 e. The number of carbonyl (C=O) groups is 2. The maximum absolute atomic E-state index is 12.7. The SMILES string of the molecule is CC(C)c1cc(C(=O)NC2=NCCC(=O)N2)ccc1Nc1cccc(OCC2CCCOC2)c1. The number of ether oxygens (including phenoxy) is 2. The lowest BCUT2D eigenvalue weighted by molar-refractivity contribution is -0.119. The van der Waals surface area contributed by atoms with Crippen molar-refractivity contribution in [2.75, 3.05) is 31.7 Å². The summed E-state index contributed by atoms with van der Waals surface area (Å²) in [6.45, 7) is 6.79. The molecule has 1 unspecified atom stereocenters. The number of aliphatic imine (C=N–C) groups is 1. The fraction of sp³-hybridized carbons (Fsp3) is 0.423. The van der Waals surface area contributed by atoms with E-state index in [-0.39, 0.29) is 23.7 Å². The number of benzene rings is 2. The molecule has 8 heteroatoms. The van der Waals surface area contributed by atoms with E-state index in [0.717, 1.165) is 48.7 Å². The molecular formula is C26H32N4O4. The first-order valence-electron chi connectivity index (χ1n) is 11.8. The first-order chi connectivity index (χ1) is 16.5. The van der Waals surface area contributed by atoms with Crippen molar-refractivity contribution in [2.24, 2.45) is 10.9 Å². The van der Waals surface area contributed by atoms with E-state index in [1.165, 1.54) is 0 Å². The molecule has 1 saturated heterocycles. The van der Waals surface area contributed by atoms with Gasteiger partial charge in [-0.3, -0.25) is 25.2 Å². The zero-order chi connectivity index (χ0) is 23.9. The third-order valence-corrected chi connectivity index (χ3v) is 5.89. The van der Waals surface area contributed by atoms with Crippen LogP contribution in [0.25, 0.3) is 0 Å².